The third-order valence-corrected chi connectivity index (χ3v) is 5.74. The first-order chi connectivity index (χ1) is 15.6. The smallest absolute Gasteiger partial charge is 0.336 e. The van der Waals surface area contributed by atoms with E-state index < -0.39 is 30.1 Å². The molecule has 7 nitrogen and oxygen atoms in total. The number of benzene rings is 2. The van der Waals surface area contributed by atoms with E-state index in [-0.39, 0.29) is 17.0 Å². The Kier molecular flexibility index (Phi) is 7.42. The van der Waals surface area contributed by atoms with Crippen LogP contribution in [0.15, 0.2) is 58.5 Å². The van der Waals surface area contributed by atoms with Crippen LogP contribution < -0.4 is 10.9 Å². The Morgan fingerprint density at radius 3 is 2.48 bits per heavy atom. The third-order valence-electron chi connectivity index (χ3n) is 4.78. The summed E-state index contributed by atoms with van der Waals surface area (Å²) in [5.74, 6) is -1.31. The molecule has 33 heavy (non-hydrogen) atoms. The molecule has 0 saturated carbocycles. The zero-order chi connectivity index (χ0) is 24.2. The van der Waals surface area contributed by atoms with Gasteiger partial charge < -0.3 is 10.2 Å². The molecule has 3 aromatic rings. The number of carbonyl (C=O) groups excluding carboxylic acids is 2. The molecule has 0 fully saturated rings. The lowest BCUT2D eigenvalue weighted by molar-refractivity contribution is -0.137. The van der Waals surface area contributed by atoms with Crippen molar-refractivity contribution in [1.82, 2.24) is 14.5 Å². The molecule has 2 amide bonds. The van der Waals surface area contributed by atoms with Crippen molar-refractivity contribution in [3.63, 3.8) is 0 Å². The van der Waals surface area contributed by atoms with Crippen molar-refractivity contribution in [3.8, 4) is 0 Å². The van der Waals surface area contributed by atoms with Gasteiger partial charge in [0.25, 0.3) is 5.56 Å². The molecular weight excluding hydrogens is 457 g/mol. The maximum atomic E-state index is 13.1. The van der Waals surface area contributed by atoms with Crippen molar-refractivity contribution in [2.45, 2.75) is 24.8 Å². The first kappa shape index (κ1) is 24.3. The molecule has 0 aliphatic carbocycles. The summed E-state index contributed by atoms with van der Waals surface area (Å²) in [5.41, 5.74) is -1.05. The first-order valence-corrected chi connectivity index (χ1v) is 10.9. The normalized spacial score (nSPS) is 11.4. The highest BCUT2D eigenvalue weighted by Crippen LogP contribution is 2.34. The minimum Gasteiger partial charge on any atom is -0.336 e. The van der Waals surface area contributed by atoms with E-state index in [1.54, 1.807) is 31.2 Å². The molecule has 174 valence electrons. The van der Waals surface area contributed by atoms with E-state index in [0.29, 0.717) is 22.6 Å². The van der Waals surface area contributed by atoms with Gasteiger partial charge in [0.15, 0.2) is 5.16 Å². The first-order valence-electron chi connectivity index (χ1n) is 9.94. The summed E-state index contributed by atoms with van der Waals surface area (Å²) in [5, 5.41) is 3.05. The Bertz CT molecular complexity index is 1240. The average molecular weight is 478 g/mol. The minimum absolute atomic E-state index is 0.103. The topological polar surface area (TPSA) is 84.3 Å². The van der Waals surface area contributed by atoms with Crippen LogP contribution in [0.1, 0.15) is 12.5 Å². The molecule has 0 radical (unpaired) electrons. The molecule has 0 unspecified atom stereocenters. The number of thioether (sulfide) groups is 1. The monoisotopic (exact) mass is 478 g/mol. The summed E-state index contributed by atoms with van der Waals surface area (Å²) < 4.78 is 40.7. The standard InChI is InChI=1S/C22H21F3N4O3S/c1-3-29-20(32)14-8-4-6-10-16(14)27-21(29)33-13-19(31)28(2)12-18(30)26-17-11-7-5-9-15(17)22(23,24)25/h4-11H,3,12-13H2,1-2H3,(H,26,30). The third kappa shape index (κ3) is 5.72. The van der Waals surface area contributed by atoms with Gasteiger partial charge in [-0.05, 0) is 31.2 Å². The van der Waals surface area contributed by atoms with E-state index >= 15 is 0 Å². The Balaban J connectivity index is 1.65. The number of rotatable bonds is 7. The minimum atomic E-state index is -4.62. The summed E-state index contributed by atoms with van der Waals surface area (Å²) >= 11 is 1.05. The van der Waals surface area contributed by atoms with Crippen LogP contribution in [0.25, 0.3) is 10.9 Å². The zero-order valence-corrected chi connectivity index (χ0v) is 18.7. The van der Waals surface area contributed by atoms with Crippen molar-refractivity contribution in [1.29, 1.82) is 0 Å². The molecule has 1 aromatic heterocycles. The number of likely N-dealkylation sites (N-methyl/N-ethyl adjacent to an activating group) is 1. The van der Waals surface area contributed by atoms with Crippen LogP contribution in [-0.2, 0) is 22.3 Å². The number of aromatic nitrogens is 2. The van der Waals surface area contributed by atoms with E-state index in [2.05, 4.69) is 10.3 Å². The highest BCUT2D eigenvalue weighted by atomic mass is 32.2. The number of carbonyl (C=O) groups is 2. The molecule has 3 rings (SSSR count). The van der Waals surface area contributed by atoms with Crippen LogP contribution in [0.2, 0.25) is 0 Å². The number of anilines is 1. The lowest BCUT2D eigenvalue weighted by atomic mass is 10.1. The van der Waals surface area contributed by atoms with Crippen LogP contribution in [0.5, 0.6) is 0 Å². The summed E-state index contributed by atoms with van der Waals surface area (Å²) in [6.45, 7) is 1.72. The average Bonchev–Trinajstić information content (AvgIpc) is 2.77. The van der Waals surface area contributed by atoms with Crippen molar-refractivity contribution in [2.24, 2.45) is 0 Å². The van der Waals surface area contributed by atoms with Gasteiger partial charge in [-0.15, -0.1) is 0 Å². The van der Waals surface area contributed by atoms with Crippen LogP contribution in [-0.4, -0.2) is 45.6 Å². The molecule has 0 saturated heterocycles. The van der Waals surface area contributed by atoms with Crippen molar-refractivity contribution >= 4 is 40.2 Å². The lowest BCUT2D eigenvalue weighted by Crippen LogP contribution is -2.36. The highest BCUT2D eigenvalue weighted by Gasteiger charge is 2.33. The number of para-hydroxylation sites is 2. The van der Waals surface area contributed by atoms with E-state index in [4.69, 9.17) is 0 Å². The maximum absolute atomic E-state index is 13.1. The Hall–Kier alpha value is -3.34. The number of hydrogen-bond acceptors (Lipinski definition) is 5. The number of hydrogen-bond donors (Lipinski definition) is 1. The SMILES string of the molecule is CCn1c(SCC(=O)N(C)CC(=O)Nc2ccccc2C(F)(F)F)nc2ccccc2c1=O. The van der Waals surface area contributed by atoms with Crippen LogP contribution >= 0.6 is 11.8 Å². The van der Waals surface area contributed by atoms with Gasteiger partial charge in [-0.1, -0.05) is 36.0 Å². The lowest BCUT2D eigenvalue weighted by Gasteiger charge is -2.18. The van der Waals surface area contributed by atoms with Gasteiger partial charge in [-0.25, -0.2) is 4.98 Å². The van der Waals surface area contributed by atoms with E-state index in [0.717, 1.165) is 28.8 Å². The molecule has 0 bridgehead atoms. The van der Waals surface area contributed by atoms with Gasteiger partial charge in [0.1, 0.15) is 0 Å². The van der Waals surface area contributed by atoms with Gasteiger partial charge in [-0.2, -0.15) is 13.2 Å². The van der Waals surface area contributed by atoms with Crippen LogP contribution in [0.4, 0.5) is 18.9 Å². The van der Waals surface area contributed by atoms with Gasteiger partial charge in [0, 0.05) is 13.6 Å². The summed E-state index contributed by atoms with van der Waals surface area (Å²) in [4.78, 5) is 43.0. The number of fused-ring (bicyclic) bond motifs is 1. The van der Waals surface area contributed by atoms with Crippen molar-refractivity contribution in [3.05, 3.63) is 64.4 Å². The predicted octanol–water partition coefficient (Wildman–Crippen LogP) is 3.62. The second-order valence-corrected chi connectivity index (χ2v) is 8.03. The molecule has 11 heteroatoms. The number of nitrogens with one attached hydrogen (secondary N) is 1. The number of amides is 2. The van der Waals surface area contributed by atoms with E-state index in [9.17, 15) is 27.6 Å². The molecule has 0 aliphatic rings. The Morgan fingerprint density at radius 2 is 1.79 bits per heavy atom. The van der Waals surface area contributed by atoms with E-state index in [1.807, 2.05) is 0 Å². The Morgan fingerprint density at radius 1 is 1.12 bits per heavy atom. The second kappa shape index (κ2) is 10.1. The maximum Gasteiger partial charge on any atom is 0.418 e. The fraction of sp³-hybridized carbons (Fsp3) is 0.273. The van der Waals surface area contributed by atoms with Crippen LogP contribution in [0, 0.1) is 0 Å². The van der Waals surface area contributed by atoms with E-state index in [1.165, 1.54) is 23.7 Å². The molecule has 0 spiro atoms. The number of nitrogens with zero attached hydrogens (tertiary/aromatic N) is 3. The van der Waals surface area contributed by atoms with Gasteiger partial charge in [0.2, 0.25) is 11.8 Å². The summed E-state index contributed by atoms with van der Waals surface area (Å²) in [6, 6.07) is 11.5. The molecule has 2 aromatic carbocycles. The molecule has 0 aliphatic heterocycles. The van der Waals surface area contributed by atoms with Gasteiger partial charge >= 0.3 is 6.18 Å². The van der Waals surface area contributed by atoms with Crippen molar-refractivity contribution in [2.75, 3.05) is 24.7 Å². The molecule has 1 N–H and O–H groups in total. The summed E-state index contributed by atoms with van der Waals surface area (Å²) in [7, 11) is 1.37. The van der Waals surface area contributed by atoms with Crippen molar-refractivity contribution < 1.29 is 22.8 Å². The fourth-order valence-corrected chi connectivity index (χ4v) is 4.11. The summed E-state index contributed by atoms with van der Waals surface area (Å²) in [6.07, 6.45) is -4.62. The van der Waals surface area contributed by atoms with Crippen LogP contribution in [0.3, 0.4) is 0 Å². The fourth-order valence-electron chi connectivity index (χ4n) is 3.11. The molecule has 1 heterocycles. The highest BCUT2D eigenvalue weighted by molar-refractivity contribution is 7.99. The quantitative estimate of drug-likeness (QED) is 0.414. The number of halogens is 3. The predicted molar refractivity (Wildman–Crippen MR) is 120 cm³/mol. The van der Waals surface area contributed by atoms with Gasteiger partial charge in [0.05, 0.1) is 34.5 Å². The number of alkyl halides is 3. The second-order valence-electron chi connectivity index (χ2n) is 7.09. The zero-order valence-electron chi connectivity index (χ0n) is 17.8. The largest absolute Gasteiger partial charge is 0.418 e. The van der Waals surface area contributed by atoms with Gasteiger partial charge in [-0.3, -0.25) is 19.0 Å². The molecular formula is C22H21F3N4O3S. The molecule has 0 atom stereocenters. The Labute approximate surface area is 191 Å².